The van der Waals surface area contributed by atoms with Gasteiger partial charge >= 0.3 is 7.82 Å². The van der Waals surface area contributed by atoms with Gasteiger partial charge in [-0.1, -0.05) is 34.6 Å². The number of phosphoric ester groups is 1. The molecular formula is C17H40NO6P. The summed E-state index contributed by atoms with van der Waals surface area (Å²) in [5, 5.41) is 16.7. The third-order valence-electron chi connectivity index (χ3n) is 3.52. The zero-order valence-electron chi connectivity index (χ0n) is 16.8. The number of aliphatic hydroxyl groups excluding tert-OH is 2. The van der Waals surface area contributed by atoms with Crippen molar-refractivity contribution in [2.75, 3.05) is 33.4 Å². The van der Waals surface area contributed by atoms with E-state index in [2.05, 4.69) is 20.8 Å². The summed E-state index contributed by atoms with van der Waals surface area (Å²) in [4.78, 5) is 19.6. The minimum Gasteiger partial charge on any atom is -0.395 e. The number of nitrogens with zero attached hydrogens (tertiary/aromatic N) is 1. The highest BCUT2D eigenvalue weighted by atomic mass is 31.2. The number of hydrogen-bond acceptors (Lipinski definition) is 5. The second-order valence-corrected chi connectivity index (χ2v) is 8.76. The Morgan fingerprint density at radius 3 is 1.64 bits per heavy atom. The summed E-state index contributed by atoms with van der Waals surface area (Å²) < 4.78 is 15.8. The molecule has 2 atom stereocenters. The van der Waals surface area contributed by atoms with Gasteiger partial charge in [0.05, 0.1) is 19.3 Å². The molecular weight excluding hydrogens is 345 g/mol. The first-order valence-corrected chi connectivity index (χ1v) is 10.6. The Hall–Kier alpha value is -0.0100. The highest BCUT2D eigenvalue weighted by Gasteiger charge is 2.24. The molecule has 0 bridgehead atoms. The van der Waals surface area contributed by atoms with Gasteiger partial charge < -0.3 is 24.9 Å². The van der Waals surface area contributed by atoms with E-state index in [9.17, 15) is 4.57 Å². The maximum atomic E-state index is 10.9. The lowest BCUT2D eigenvalue weighted by Crippen LogP contribution is -2.25. The summed E-state index contributed by atoms with van der Waals surface area (Å²) in [7, 11) is -2.51. The van der Waals surface area contributed by atoms with E-state index in [0.717, 1.165) is 6.42 Å². The van der Waals surface area contributed by atoms with Gasteiger partial charge in [0.1, 0.15) is 0 Å². The molecule has 0 spiro atoms. The monoisotopic (exact) mass is 385 g/mol. The first kappa shape index (κ1) is 27.2. The van der Waals surface area contributed by atoms with Crippen molar-refractivity contribution >= 4 is 7.82 Å². The molecule has 0 aliphatic heterocycles. The Morgan fingerprint density at radius 2 is 1.32 bits per heavy atom. The second kappa shape index (κ2) is 15.1. The van der Waals surface area contributed by atoms with E-state index in [4.69, 9.17) is 24.5 Å². The van der Waals surface area contributed by atoms with E-state index >= 15 is 0 Å². The number of phosphoric acid groups is 1. The van der Waals surface area contributed by atoms with Crippen LogP contribution >= 0.6 is 7.82 Å². The molecule has 0 fully saturated rings. The van der Waals surface area contributed by atoms with E-state index < -0.39 is 7.82 Å². The summed E-state index contributed by atoms with van der Waals surface area (Å²) in [6.07, 6.45) is 2.11. The first-order chi connectivity index (χ1) is 11.4. The summed E-state index contributed by atoms with van der Waals surface area (Å²) in [5.74, 6) is 1.39. The van der Waals surface area contributed by atoms with E-state index in [-0.39, 0.29) is 19.3 Å². The van der Waals surface area contributed by atoms with Gasteiger partial charge in [0.25, 0.3) is 0 Å². The van der Waals surface area contributed by atoms with Gasteiger partial charge in [0.2, 0.25) is 0 Å². The molecule has 2 unspecified atom stereocenters. The van der Waals surface area contributed by atoms with Crippen LogP contribution in [0.25, 0.3) is 0 Å². The van der Waals surface area contributed by atoms with Gasteiger partial charge in [-0.3, -0.25) is 4.52 Å². The number of hydrogen-bond donors (Lipinski definition) is 4. The van der Waals surface area contributed by atoms with E-state index in [1.807, 2.05) is 25.8 Å². The van der Waals surface area contributed by atoms with Crippen LogP contribution in [0, 0.1) is 17.8 Å². The predicted molar refractivity (Wildman–Crippen MR) is 101 cm³/mol. The zero-order valence-corrected chi connectivity index (χ0v) is 17.7. The van der Waals surface area contributed by atoms with Crippen molar-refractivity contribution in [1.29, 1.82) is 0 Å². The molecule has 8 heteroatoms. The van der Waals surface area contributed by atoms with Crippen LogP contribution < -0.4 is 0 Å². The van der Waals surface area contributed by atoms with Crippen LogP contribution in [0.4, 0.5) is 0 Å². The lowest BCUT2D eigenvalue weighted by atomic mass is 9.91. The smallest absolute Gasteiger partial charge is 0.395 e. The Labute approximate surface area is 153 Å². The first-order valence-electron chi connectivity index (χ1n) is 9.05. The standard InChI is InChI=1S/C12H27O4P.C5H13NO2/c1-9(2)6-11(5)8-12(7-10(3)4)16-17(13,14)15;1-6(2-4-7)3-5-8/h9-12H,6-8H2,1-5H3,(H2,13,14,15);7-8H,2-5H2,1H3. The molecule has 7 nitrogen and oxygen atoms in total. The fourth-order valence-corrected chi connectivity index (χ4v) is 3.27. The third-order valence-corrected chi connectivity index (χ3v) is 4.10. The average molecular weight is 385 g/mol. The lowest BCUT2D eigenvalue weighted by molar-refractivity contribution is 0.0962. The molecule has 0 saturated heterocycles. The summed E-state index contributed by atoms with van der Waals surface area (Å²) in [5.41, 5.74) is 0. The molecule has 0 aromatic rings. The molecule has 4 N–H and O–H groups in total. The second-order valence-electron chi connectivity index (χ2n) is 7.57. The van der Waals surface area contributed by atoms with Gasteiger partial charge in [-0.2, -0.15) is 0 Å². The van der Waals surface area contributed by atoms with E-state index in [0.29, 0.717) is 43.7 Å². The molecule has 0 rings (SSSR count). The normalized spacial score (nSPS) is 14.6. The fraction of sp³-hybridized carbons (Fsp3) is 1.00. The van der Waals surface area contributed by atoms with Gasteiger partial charge in [0.15, 0.2) is 0 Å². The molecule has 0 aromatic carbocycles. The molecule has 154 valence electrons. The third kappa shape index (κ3) is 21.9. The largest absolute Gasteiger partial charge is 0.469 e. The number of likely N-dealkylation sites (N-methyl/N-ethyl adjacent to an activating group) is 1. The van der Waals surface area contributed by atoms with Crippen molar-refractivity contribution in [3.05, 3.63) is 0 Å². The van der Waals surface area contributed by atoms with E-state index in [1.54, 1.807) is 0 Å². The average Bonchev–Trinajstić information content (AvgIpc) is 2.35. The molecule has 0 amide bonds. The van der Waals surface area contributed by atoms with Crippen LogP contribution in [0.3, 0.4) is 0 Å². The van der Waals surface area contributed by atoms with Crippen molar-refractivity contribution in [3.63, 3.8) is 0 Å². The van der Waals surface area contributed by atoms with Crippen molar-refractivity contribution < 1.29 is 29.1 Å². The SMILES string of the molecule is CC(C)CC(C)CC(CC(C)C)OP(=O)(O)O.CN(CCO)CCO. The molecule has 0 radical (unpaired) electrons. The van der Waals surface area contributed by atoms with Crippen LogP contribution in [-0.4, -0.2) is 64.4 Å². The van der Waals surface area contributed by atoms with Crippen molar-refractivity contribution in [2.24, 2.45) is 17.8 Å². The maximum absolute atomic E-state index is 10.9. The van der Waals surface area contributed by atoms with Crippen LogP contribution in [0.15, 0.2) is 0 Å². The minimum atomic E-state index is -4.37. The molecule has 0 aromatic heterocycles. The Bertz CT molecular complexity index is 342. The maximum Gasteiger partial charge on any atom is 0.469 e. The van der Waals surface area contributed by atoms with Crippen LogP contribution in [0.5, 0.6) is 0 Å². The Kier molecular flexibility index (Phi) is 16.4. The molecule has 0 heterocycles. The van der Waals surface area contributed by atoms with Crippen LogP contribution in [0.2, 0.25) is 0 Å². The summed E-state index contributed by atoms with van der Waals surface area (Å²) >= 11 is 0. The van der Waals surface area contributed by atoms with E-state index in [1.165, 1.54) is 0 Å². The Balaban J connectivity index is 0. The topological polar surface area (TPSA) is 110 Å². The highest BCUT2D eigenvalue weighted by molar-refractivity contribution is 7.46. The van der Waals surface area contributed by atoms with Crippen LogP contribution in [0.1, 0.15) is 53.9 Å². The van der Waals surface area contributed by atoms with Crippen molar-refractivity contribution in [3.8, 4) is 0 Å². The Morgan fingerprint density at radius 1 is 0.880 bits per heavy atom. The summed E-state index contributed by atoms with van der Waals surface area (Å²) in [6, 6.07) is 0. The molecule has 0 aliphatic rings. The van der Waals surface area contributed by atoms with Gasteiger partial charge in [-0.25, -0.2) is 4.57 Å². The lowest BCUT2D eigenvalue weighted by Gasteiger charge is -2.24. The summed E-state index contributed by atoms with van der Waals surface area (Å²) in [6.45, 7) is 12.1. The minimum absolute atomic E-state index is 0.163. The molecule has 0 aliphatic carbocycles. The van der Waals surface area contributed by atoms with Gasteiger partial charge in [-0.15, -0.1) is 0 Å². The van der Waals surface area contributed by atoms with Crippen LogP contribution in [-0.2, 0) is 9.09 Å². The predicted octanol–water partition coefficient (Wildman–Crippen LogP) is 2.49. The number of aliphatic hydroxyl groups is 2. The quantitative estimate of drug-likeness (QED) is 0.382. The fourth-order valence-electron chi connectivity index (χ4n) is 2.71. The van der Waals surface area contributed by atoms with Gasteiger partial charge in [0, 0.05) is 13.1 Å². The van der Waals surface area contributed by atoms with Crippen molar-refractivity contribution in [2.45, 2.75) is 60.0 Å². The number of rotatable bonds is 12. The van der Waals surface area contributed by atoms with Crippen molar-refractivity contribution in [1.82, 2.24) is 4.90 Å². The molecule has 0 saturated carbocycles. The van der Waals surface area contributed by atoms with Gasteiger partial charge in [-0.05, 0) is 44.1 Å². The highest BCUT2D eigenvalue weighted by Crippen LogP contribution is 2.40. The molecule has 25 heavy (non-hydrogen) atoms. The zero-order chi connectivity index (χ0) is 20.0.